The number of allylic oxidation sites excluding steroid dienone is 1. The SMILES string of the molecule is CCCCCCCCCCCCCCCCCCC1(C)CCCC2C3CCC(C(C)C)/C(=C4\CC(=O)OC4=O)C3CCC21. The van der Waals surface area contributed by atoms with Gasteiger partial charge in [0.15, 0.2) is 0 Å². The lowest BCUT2D eigenvalue weighted by molar-refractivity contribution is -0.151. The largest absolute Gasteiger partial charge is 0.389 e. The molecule has 1 heterocycles. The minimum absolute atomic E-state index is 0.214. The van der Waals surface area contributed by atoms with Crippen molar-refractivity contribution in [3.63, 3.8) is 0 Å². The van der Waals surface area contributed by atoms with Crippen LogP contribution in [-0.2, 0) is 14.3 Å². The van der Waals surface area contributed by atoms with Gasteiger partial charge in [-0.3, -0.25) is 4.79 Å². The molecule has 4 aliphatic rings. The highest BCUT2D eigenvalue weighted by atomic mass is 16.6. The molecule has 1 aliphatic heterocycles. The van der Waals surface area contributed by atoms with Gasteiger partial charge in [-0.25, -0.2) is 4.79 Å². The molecule has 43 heavy (non-hydrogen) atoms. The predicted molar refractivity (Wildman–Crippen MR) is 180 cm³/mol. The number of ether oxygens (including phenoxy) is 1. The summed E-state index contributed by atoms with van der Waals surface area (Å²) in [5.41, 5.74) is 2.60. The van der Waals surface area contributed by atoms with Gasteiger partial charge in [0.25, 0.3) is 0 Å². The summed E-state index contributed by atoms with van der Waals surface area (Å²) in [6, 6.07) is 0. The smallest absolute Gasteiger partial charge is 0.342 e. The third-order valence-electron chi connectivity index (χ3n) is 12.7. The Balaban J connectivity index is 1.16. The average molecular weight is 597 g/mol. The maximum Gasteiger partial charge on any atom is 0.342 e. The summed E-state index contributed by atoms with van der Waals surface area (Å²) >= 11 is 0. The molecule has 3 saturated carbocycles. The molecular weight excluding hydrogens is 528 g/mol. The van der Waals surface area contributed by atoms with E-state index in [0.717, 1.165) is 17.4 Å². The summed E-state index contributed by atoms with van der Waals surface area (Å²) in [7, 11) is 0. The molecule has 3 aliphatic carbocycles. The molecule has 0 bridgehead atoms. The first-order chi connectivity index (χ1) is 20.9. The average Bonchev–Trinajstić information content (AvgIpc) is 3.33. The minimum atomic E-state index is -0.338. The number of carbonyl (C=O) groups is 2. The number of esters is 2. The minimum Gasteiger partial charge on any atom is -0.389 e. The fourth-order valence-corrected chi connectivity index (χ4v) is 10.4. The zero-order valence-electron chi connectivity index (χ0n) is 28.9. The molecule has 0 aromatic heterocycles. The van der Waals surface area contributed by atoms with Gasteiger partial charge in [0.05, 0.1) is 6.42 Å². The summed E-state index contributed by atoms with van der Waals surface area (Å²) in [5, 5.41) is 0. The third-order valence-corrected chi connectivity index (χ3v) is 12.7. The van der Waals surface area contributed by atoms with Crippen molar-refractivity contribution in [1.82, 2.24) is 0 Å². The molecular formula is C40H68O3. The second kappa shape index (κ2) is 17.5. The van der Waals surface area contributed by atoms with Gasteiger partial charge in [-0.05, 0) is 85.9 Å². The first-order valence-electron chi connectivity index (χ1n) is 19.3. The topological polar surface area (TPSA) is 43.4 Å². The molecule has 0 spiro atoms. The fourth-order valence-electron chi connectivity index (χ4n) is 10.4. The number of rotatable bonds is 18. The Kier molecular flexibility index (Phi) is 14.2. The van der Waals surface area contributed by atoms with E-state index in [1.807, 2.05) is 0 Å². The third kappa shape index (κ3) is 9.45. The monoisotopic (exact) mass is 597 g/mol. The van der Waals surface area contributed by atoms with Crippen LogP contribution in [0.15, 0.2) is 11.1 Å². The van der Waals surface area contributed by atoms with Crippen LogP contribution < -0.4 is 0 Å². The number of hydrogen-bond donors (Lipinski definition) is 0. The molecule has 4 rings (SSSR count). The van der Waals surface area contributed by atoms with Crippen molar-refractivity contribution in [2.45, 2.75) is 188 Å². The predicted octanol–water partition coefficient (Wildman–Crippen LogP) is 11.9. The Morgan fingerprint density at radius 2 is 1.30 bits per heavy atom. The summed E-state index contributed by atoms with van der Waals surface area (Å²) in [6.07, 6.45) is 33.8. The van der Waals surface area contributed by atoms with Crippen LogP contribution in [0.3, 0.4) is 0 Å². The molecule has 246 valence electrons. The van der Waals surface area contributed by atoms with Crippen LogP contribution in [0, 0.1) is 40.9 Å². The lowest BCUT2D eigenvalue weighted by atomic mass is 9.48. The van der Waals surface area contributed by atoms with Gasteiger partial charge in [-0.2, -0.15) is 0 Å². The van der Waals surface area contributed by atoms with Crippen LogP contribution >= 0.6 is 0 Å². The maximum atomic E-state index is 12.7. The van der Waals surface area contributed by atoms with Crippen molar-refractivity contribution in [2.24, 2.45) is 40.9 Å². The van der Waals surface area contributed by atoms with E-state index in [2.05, 4.69) is 27.7 Å². The second-order valence-electron chi connectivity index (χ2n) is 16.0. The molecule has 6 atom stereocenters. The van der Waals surface area contributed by atoms with Crippen molar-refractivity contribution < 1.29 is 14.3 Å². The van der Waals surface area contributed by atoms with Crippen molar-refractivity contribution >= 4 is 11.9 Å². The lowest BCUT2D eigenvalue weighted by Crippen LogP contribution is -2.48. The molecule has 3 heteroatoms. The highest BCUT2D eigenvalue weighted by molar-refractivity contribution is 6.06. The van der Waals surface area contributed by atoms with E-state index in [0.29, 0.717) is 29.1 Å². The number of carbonyl (C=O) groups excluding carboxylic acids is 2. The highest BCUT2D eigenvalue weighted by Gasteiger charge is 2.52. The summed E-state index contributed by atoms with van der Waals surface area (Å²) in [6.45, 7) is 9.54. The van der Waals surface area contributed by atoms with E-state index in [4.69, 9.17) is 4.74 Å². The van der Waals surface area contributed by atoms with Gasteiger partial charge in [0.2, 0.25) is 0 Å². The Hall–Kier alpha value is -1.12. The van der Waals surface area contributed by atoms with Crippen LogP contribution in [-0.4, -0.2) is 11.9 Å². The molecule has 0 N–H and O–H groups in total. The van der Waals surface area contributed by atoms with E-state index in [-0.39, 0.29) is 18.4 Å². The highest BCUT2D eigenvalue weighted by Crippen LogP contribution is 2.61. The van der Waals surface area contributed by atoms with Gasteiger partial charge < -0.3 is 4.74 Å². The van der Waals surface area contributed by atoms with Crippen molar-refractivity contribution in [2.75, 3.05) is 0 Å². The van der Waals surface area contributed by atoms with Gasteiger partial charge in [0, 0.05) is 5.57 Å². The fraction of sp³-hybridized carbons (Fsp3) is 0.900. The van der Waals surface area contributed by atoms with E-state index in [1.165, 1.54) is 160 Å². The molecule has 0 aromatic rings. The molecule has 0 radical (unpaired) electrons. The lowest BCUT2D eigenvalue weighted by Gasteiger charge is -2.57. The van der Waals surface area contributed by atoms with Crippen molar-refractivity contribution in [3.8, 4) is 0 Å². The molecule has 3 nitrogen and oxygen atoms in total. The van der Waals surface area contributed by atoms with E-state index in [1.54, 1.807) is 0 Å². The van der Waals surface area contributed by atoms with E-state index in [9.17, 15) is 9.59 Å². The van der Waals surface area contributed by atoms with E-state index < -0.39 is 0 Å². The van der Waals surface area contributed by atoms with Crippen LogP contribution in [0.4, 0.5) is 0 Å². The van der Waals surface area contributed by atoms with Gasteiger partial charge in [0.1, 0.15) is 0 Å². The molecule has 4 fully saturated rings. The number of fused-ring (bicyclic) bond motifs is 3. The first-order valence-corrected chi connectivity index (χ1v) is 19.3. The number of hydrogen-bond acceptors (Lipinski definition) is 3. The van der Waals surface area contributed by atoms with Gasteiger partial charge in [-0.15, -0.1) is 0 Å². The normalized spacial score (nSPS) is 32.6. The first kappa shape index (κ1) is 34.7. The van der Waals surface area contributed by atoms with Gasteiger partial charge >= 0.3 is 11.9 Å². The van der Waals surface area contributed by atoms with Crippen molar-refractivity contribution in [1.29, 1.82) is 0 Å². The van der Waals surface area contributed by atoms with Crippen LogP contribution in [0.1, 0.15) is 188 Å². The second-order valence-corrected chi connectivity index (χ2v) is 16.0. The standard InChI is InChI=1S/C40H68O3/c1-5-6-7-8-9-10-11-12-13-14-15-16-17-18-19-20-27-40(4)28-21-22-33-32-24-23-31(30(2)3)38(34(32)25-26-36(33)40)35-29-37(41)43-39(35)42/h30-34,36H,5-29H2,1-4H3/b38-35-. The zero-order chi connectivity index (χ0) is 30.7. The Morgan fingerprint density at radius 1 is 0.721 bits per heavy atom. The maximum absolute atomic E-state index is 12.7. The molecule has 0 aromatic carbocycles. The molecule has 1 saturated heterocycles. The van der Waals surface area contributed by atoms with Gasteiger partial charge in [-0.1, -0.05) is 142 Å². The Labute approximate surface area is 266 Å². The molecule has 0 amide bonds. The Morgan fingerprint density at radius 3 is 1.84 bits per heavy atom. The number of unbranched alkanes of at least 4 members (excludes halogenated alkanes) is 15. The summed E-state index contributed by atoms with van der Waals surface area (Å²) < 4.78 is 5.06. The summed E-state index contributed by atoms with van der Waals surface area (Å²) in [5.74, 6) is 3.12. The number of cyclic esters (lactones) is 2. The quantitative estimate of drug-likeness (QED) is 0.0684. The van der Waals surface area contributed by atoms with Crippen LogP contribution in [0.25, 0.3) is 0 Å². The summed E-state index contributed by atoms with van der Waals surface area (Å²) in [4.78, 5) is 24.8. The zero-order valence-corrected chi connectivity index (χ0v) is 28.9. The van der Waals surface area contributed by atoms with E-state index >= 15 is 0 Å². The van der Waals surface area contributed by atoms with Crippen molar-refractivity contribution in [3.05, 3.63) is 11.1 Å². The van der Waals surface area contributed by atoms with Crippen LogP contribution in [0.5, 0.6) is 0 Å². The Bertz CT molecular complexity index is 901. The van der Waals surface area contributed by atoms with Crippen LogP contribution in [0.2, 0.25) is 0 Å². The molecule has 6 unspecified atom stereocenters.